The number of aliphatic hydroxyl groups is 1. The highest BCUT2D eigenvalue weighted by atomic mass is 35.5. The largest absolute Gasteiger partial charge is 0.388 e. The normalized spacial score (nSPS) is 29.2. The average molecular weight is 269 g/mol. The zero-order chi connectivity index (χ0) is 12.9. The first-order valence-electron chi connectivity index (χ1n) is 5.96. The summed E-state index contributed by atoms with van der Waals surface area (Å²) < 4.78 is 13.5. The minimum absolute atomic E-state index is 0.0510. The Labute approximate surface area is 109 Å². The number of nitrogens with zero attached hydrogens (tertiary/aromatic N) is 1. The number of aromatic nitrogens is 2. The molecule has 1 saturated carbocycles. The predicted octanol–water partition coefficient (Wildman–Crippen LogP) is 3.39. The van der Waals surface area contributed by atoms with Crippen LogP contribution in [0.25, 0.3) is 10.9 Å². The number of alkyl halides is 1. The third-order valence-electron chi connectivity index (χ3n) is 3.68. The zero-order valence-electron chi connectivity index (χ0n) is 9.95. The maximum absolute atomic E-state index is 13.5. The van der Waals surface area contributed by atoms with Crippen molar-refractivity contribution in [3.63, 3.8) is 0 Å². The summed E-state index contributed by atoms with van der Waals surface area (Å²) in [6.07, 6.45) is 1.74. The third kappa shape index (κ3) is 1.89. The van der Waals surface area contributed by atoms with E-state index in [4.69, 9.17) is 11.6 Å². The van der Waals surface area contributed by atoms with Gasteiger partial charge >= 0.3 is 0 Å². The topological polar surface area (TPSA) is 48.9 Å². The van der Waals surface area contributed by atoms with Gasteiger partial charge in [-0.1, -0.05) is 11.6 Å². The number of fused-ring (bicyclic) bond motifs is 1. The minimum Gasteiger partial charge on any atom is -0.388 e. The molecule has 1 aliphatic carbocycles. The lowest BCUT2D eigenvalue weighted by Gasteiger charge is -2.41. The molecule has 0 spiro atoms. The summed E-state index contributed by atoms with van der Waals surface area (Å²) in [5.74, 6) is -0.0510. The Balaban J connectivity index is 1.96. The van der Waals surface area contributed by atoms with Gasteiger partial charge in [0.15, 0.2) is 0 Å². The highest BCUT2D eigenvalue weighted by molar-refractivity contribution is 6.31. The van der Waals surface area contributed by atoms with E-state index in [2.05, 4.69) is 10.2 Å². The van der Waals surface area contributed by atoms with Gasteiger partial charge in [-0.15, -0.1) is 0 Å². The standard InChI is InChI=1S/C13H14ClFN2O/c1-13(15)4-8(5-13)12(18)10-3-9(14)2-7-6-16-17-11(7)10/h2-3,6,8,12,18H,4-5H2,1H3,(H,16,17). The van der Waals surface area contributed by atoms with Gasteiger partial charge in [0.2, 0.25) is 0 Å². The first kappa shape index (κ1) is 11.9. The highest BCUT2D eigenvalue weighted by Gasteiger charge is 2.44. The molecule has 1 aromatic carbocycles. The second-order valence-electron chi connectivity index (χ2n) is 5.36. The molecule has 1 fully saturated rings. The molecule has 0 aliphatic heterocycles. The first-order chi connectivity index (χ1) is 8.46. The molecule has 2 aromatic rings. The molecule has 1 aromatic heterocycles. The lowest BCUT2D eigenvalue weighted by molar-refractivity contribution is -0.0455. The van der Waals surface area contributed by atoms with Gasteiger partial charge < -0.3 is 5.11 Å². The quantitative estimate of drug-likeness (QED) is 0.877. The van der Waals surface area contributed by atoms with Crippen molar-refractivity contribution in [1.29, 1.82) is 0 Å². The fourth-order valence-electron chi connectivity index (χ4n) is 2.79. The molecular formula is C13H14ClFN2O. The van der Waals surface area contributed by atoms with Crippen LogP contribution in [0.15, 0.2) is 18.3 Å². The Morgan fingerprint density at radius 1 is 1.56 bits per heavy atom. The minimum atomic E-state index is -1.14. The van der Waals surface area contributed by atoms with Crippen LogP contribution in [-0.4, -0.2) is 21.0 Å². The molecule has 3 nitrogen and oxygen atoms in total. The van der Waals surface area contributed by atoms with Gasteiger partial charge in [-0.2, -0.15) is 5.10 Å². The Morgan fingerprint density at radius 2 is 2.28 bits per heavy atom. The molecule has 0 bridgehead atoms. The number of benzene rings is 1. The van der Waals surface area contributed by atoms with E-state index >= 15 is 0 Å². The van der Waals surface area contributed by atoms with Crippen LogP contribution in [0, 0.1) is 5.92 Å². The summed E-state index contributed by atoms with van der Waals surface area (Å²) >= 11 is 6.02. The van der Waals surface area contributed by atoms with Crippen LogP contribution in [0.3, 0.4) is 0 Å². The van der Waals surface area contributed by atoms with Crippen molar-refractivity contribution in [2.45, 2.75) is 31.5 Å². The van der Waals surface area contributed by atoms with E-state index in [1.165, 1.54) is 0 Å². The fourth-order valence-corrected chi connectivity index (χ4v) is 3.03. The van der Waals surface area contributed by atoms with Crippen molar-refractivity contribution in [2.24, 2.45) is 5.92 Å². The van der Waals surface area contributed by atoms with Crippen LogP contribution in [0.1, 0.15) is 31.4 Å². The molecule has 0 radical (unpaired) electrons. The summed E-state index contributed by atoms with van der Waals surface area (Å²) in [7, 11) is 0. The number of aliphatic hydroxyl groups excluding tert-OH is 1. The number of hydrogen-bond donors (Lipinski definition) is 2. The monoisotopic (exact) mass is 268 g/mol. The summed E-state index contributed by atoms with van der Waals surface area (Å²) in [4.78, 5) is 0. The molecule has 0 saturated heterocycles. The van der Waals surface area contributed by atoms with E-state index in [1.54, 1.807) is 25.3 Å². The van der Waals surface area contributed by atoms with E-state index in [1.807, 2.05) is 0 Å². The van der Waals surface area contributed by atoms with Gasteiger partial charge in [-0.25, -0.2) is 4.39 Å². The van der Waals surface area contributed by atoms with Crippen LogP contribution in [0.5, 0.6) is 0 Å². The Hall–Kier alpha value is -1.13. The van der Waals surface area contributed by atoms with Gasteiger partial charge in [-0.3, -0.25) is 5.10 Å². The van der Waals surface area contributed by atoms with Gasteiger partial charge in [-0.05, 0) is 37.8 Å². The molecule has 2 N–H and O–H groups in total. The number of halogens is 2. The van der Waals surface area contributed by atoms with Crippen LogP contribution in [0.2, 0.25) is 5.02 Å². The summed E-state index contributed by atoms with van der Waals surface area (Å²) in [5.41, 5.74) is 0.340. The molecule has 0 amide bonds. The van der Waals surface area contributed by atoms with Gasteiger partial charge in [0.1, 0.15) is 5.67 Å². The van der Waals surface area contributed by atoms with Crippen LogP contribution < -0.4 is 0 Å². The molecule has 1 aliphatic rings. The summed E-state index contributed by atoms with van der Waals surface area (Å²) in [5, 5.41) is 18.6. The lowest BCUT2D eigenvalue weighted by Crippen LogP contribution is -2.39. The van der Waals surface area contributed by atoms with Crippen molar-refractivity contribution in [2.75, 3.05) is 0 Å². The second-order valence-corrected chi connectivity index (χ2v) is 5.79. The van der Waals surface area contributed by atoms with Crippen molar-refractivity contribution < 1.29 is 9.50 Å². The van der Waals surface area contributed by atoms with E-state index in [0.717, 1.165) is 10.9 Å². The predicted molar refractivity (Wildman–Crippen MR) is 68.3 cm³/mol. The third-order valence-corrected chi connectivity index (χ3v) is 3.90. The van der Waals surface area contributed by atoms with Gasteiger partial charge in [0, 0.05) is 16.0 Å². The molecule has 1 heterocycles. The molecule has 1 unspecified atom stereocenters. The fraction of sp³-hybridized carbons (Fsp3) is 0.462. The Bertz CT molecular complexity index is 588. The van der Waals surface area contributed by atoms with Gasteiger partial charge in [0.05, 0.1) is 17.8 Å². The molecule has 96 valence electrons. The first-order valence-corrected chi connectivity index (χ1v) is 6.33. The van der Waals surface area contributed by atoms with Crippen LogP contribution >= 0.6 is 11.6 Å². The highest BCUT2D eigenvalue weighted by Crippen LogP contribution is 2.48. The van der Waals surface area contributed by atoms with E-state index in [-0.39, 0.29) is 5.92 Å². The van der Waals surface area contributed by atoms with Gasteiger partial charge in [0.25, 0.3) is 0 Å². The SMILES string of the molecule is CC1(F)CC(C(O)c2cc(Cl)cc3cn[nH]c23)C1. The number of hydrogen-bond acceptors (Lipinski definition) is 2. The molecule has 18 heavy (non-hydrogen) atoms. The van der Waals surface area contributed by atoms with Crippen LogP contribution in [-0.2, 0) is 0 Å². The van der Waals surface area contributed by atoms with Crippen molar-refractivity contribution in [3.05, 3.63) is 28.9 Å². The van der Waals surface area contributed by atoms with Crippen molar-refractivity contribution in [1.82, 2.24) is 10.2 Å². The second kappa shape index (κ2) is 3.93. The zero-order valence-corrected chi connectivity index (χ0v) is 10.7. The molecular weight excluding hydrogens is 255 g/mol. The average Bonchev–Trinajstić information content (AvgIpc) is 2.71. The summed E-state index contributed by atoms with van der Waals surface area (Å²) in [6, 6.07) is 3.51. The van der Waals surface area contributed by atoms with Crippen LogP contribution in [0.4, 0.5) is 4.39 Å². The Kier molecular flexibility index (Phi) is 2.61. The lowest BCUT2D eigenvalue weighted by atomic mass is 9.69. The molecule has 3 rings (SSSR count). The van der Waals surface area contributed by atoms with E-state index < -0.39 is 11.8 Å². The van der Waals surface area contributed by atoms with E-state index in [9.17, 15) is 9.50 Å². The van der Waals surface area contributed by atoms with Crippen molar-refractivity contribution >= 4 is 22.5 Å². The number of H-pyrrole nitrogens is 1. The number of nitrogens with one attached hydrogen (secondary N) is 1. The maximum atomic E-state index is 13.5. The number of rotatable bonds is 2. The molecule has 1 atom stereocenters. The molecule has 5 heteroatoms. The summed E-state index contributed by atoms with van der Waals surface area (Å²) in [6.45, 7) is 1.57. The smallest absolute Gasteiger partial charge is 0.109 e. The Morgan fingerprint density at radius 3 is 2.94 bits per heavy atom. The van der Waals surface area contributed by atoms with E-state index in [0.29, 0.717) is 23.4 Å². The van der Waals surface area contributed by atoms with Crippen molar-refractivity contribution in [3.8, 4) is 0 Å². The number of aromatic amines is 1. The maximum Gasteiger partial charge on any atom is 0.109 e.